The Hall–Kier alpha value is -3.86. The lowest BCUT2D eigenvalue weighted by molar-refractivity contribution is -0.132. The van der Waals surface area contributed by atoms with Crippen molar-refractivity contribution < 1.29 is 19.8 Å². The smallest absolute Gasteiger partial charge is 0.300 e. The predicted octanol–water partition coefficient (Wildman–Crippen LogP) is 4.33. The van der Waals surface area contributed by atoms with Crippen LogP contribution < -0.4 is 4.90 Å². The lowest BCUT2D eigenvalue weighted by Gasteiger charge is -2.26. The second kappa shape index (κ2) is 7.28. The number of aromatic hydroxyl groups is 1. The number of aryl methyl sites for hydroxylation is 1. The molecule has 1 heterocycles. The SMILES string of the molecule is Cc1ccc(/C(O)=C2\C(=O)C(=O)N(c3ccccc3O)C2c2ccccc2)cc1. The molecular formula is C24H19NO4. The summed E-state index contributed by atoms with van der Waals surface area (Å²) in [6, 6.07) is 21.5. The van der Waals surface area contributed by atoms with Crippen molar-refractivity contribution >= 4 is 23.1 Å². The van der Waals surface area contributed by atoms with Crippen LogP contribution >= 0.6 is 0 Å². The number of benzene rings is 3. The molecule has 1 fully saturated rings. The fraction of sp³-hybridized carbons (Fsp3) is 0.0833. The summed E-state index contributed by atoms with van der Waals surface area (Å²) in [6.45, 7) is 1.92. The molecule has 1 atom stereocenters. The maximum atomic E-state index is 13.0. The summed E-state index contributed by atoms with van der Waals surface area (Å²) < 4.78 is 0. The number of para-hydroxylation sites is 2. The van der Waals surface area contributed by atoms with E-state index in [1.807, 2.05) is 25.1 Å². The Morgan fingerprint density at radius 2 is 1.48 bits per heavy atom. The topological polar surface area (TPSA) is 77.8 Å². The van der Waals surface area contributed by atoms with Crippen molar-refractivity contribution in [3.8, 4) is 5.75 Å². The van der Waals surface area contributed by atoms with Crippen LogP contribution in [-0.4, -0.2) is 21.9 Å². The molecule has 3 aromatic carbocycles. The van der Waals surface area contributed by atoms with Crippen LogP contribution in [0.2, 0.25) is 0 Å². The number of aliphatic hydroxyl groups is 1. The zero-order valence-electron chi connectivity index (χ0n) is 15.7. The summed E-state index contributed by atoms with van der Waals surface area (Å²) in [5.74, 6) is -1.95. The highest BCUT2D eigenvalue weighted by atomic mass is 16.3. The Bertz CT molecular complexity index is 1120. The molecule has 2 N–H and O–H groups in total. The van der Waals surface area contributed by atoms with Crippen molar-refractivity contribution in [1.29, 1.82) is 0 Å². The standard InChI is InChI=1S/C24H19NO4/c1-15-11-13-17(14-12-15)22(27)20-21(16-7-3-2-4-8-16)25(24(29)23(20)28)18-9-5-6-10-19(18)26/h2-14,21,26-27H,1H3/b22-20+. The lowest BCUT2D eigenvalue weighted by Crippen LogP contribution is -2.29. The zero-order chi connectivity index (χ0) is 20.5. The number of rotatable bonds is 3. The van der Waals surface area contributed by atoms with Crippen molar-refractivity contribution in [3.63, 3.8) is 0 Å². The summed E-state index contributed by atoms with van der Waals surface area (Å²) in [7, 11) is 0. The number of hydrogen-bond acceptors (Lipinski definition) is 4. The van der Waals surface area contributed by atoms with Crippen molar-refractivity contribution in [1.82, 2.24) is 0 Å². The van der Waals surface area contributed by atoms with Crippen LogP contribution in [0.3, 0.4) is 0 Å². The Morgan fingerprint density at radius 3 is 2.14 bits per heavy atom. The number of carbonyl (C=O) groups is 2. The van der Waals surface area contributed by atoms with Gasteiger partial charge in [-0.15, -0.1) is 0 Å². The van der Waals surface area contributed by atoms with E-state index in [0.29, 0.717) is 11.1 Å². The Balaban J connectivity index is 1.96. The first-order valence-electron chi connectivity index (χ1n) is 9.20. The van der Waals surface area contributed by atoms with Crippen molar-refractivity contribution in [3.05, 3.63) is 101 Å². The molecule has 0 bridgehead atoms. The normalized spacial score (nSPS) is 18.2. The molecule has 1 aliphatic rings. The molecule has 0 spiro atoms. The molecule has 0 radical (unpaired) electrons. The fourth-order valence-electron chi connectivity index (χ4n) is 3.57. The summed E-state index contributed by atoms with van der Waals surface area (Å²) >= 11 is 0. The number of nitrogens with zero attached hydrogens (tertiary/aromatic N) is 1. The van der Waals surface area contributed by atoms with E-state index in [9.17, 15) is 19.8 Å². The predicted molar refractivity (Wildman–Crippen MR) is 111 cm³/mol. The lowest BCUT2D eigenvalue weighted by atomic mass is 9.95. The first kappa shape index (κ1) is 18.5. The Labute approximate surface area is 168 Å². The third-order valence-corrected chi connectivity index (χ3v) is 5.03. The third-order valence-electron chi connectivity index (χ3n) is 5.03. The van der Waals surface area contributed by atoms with Gasteiger partial charge in [0.1, 0.15) is 11.5 Å². The number of ketones is 1. The number of hydrogen-bond donors (Lipinski definition) is 2. The van der Waals surface area contributed by atoms with Gasteiger partial charge in [-0.2, -0.15) is 0 Å². The van der Waals surface area contributed by atoms with E-state index in [1.54, 1.807) is 54.6 Å². The highest BCUT2D eigenvalue weighted by Crippen LogP contribution is 2.44. The quantitative estimate of drug-likeness (QED) is 0.400. The molecular weight excluding hydrogens is 366 g/mol. The van der Waals surface area contributed by atoms with Gasteiger partial charge in [0.2, 0.25) is 0 Å². The second-order valence-electron chi connectivity index (χ2n) is 6.93. The van der Waals surface area contributed by atoms with Crippen LogP contribution in [0.4, 0.5) is 5.69 Å². The number of amides is 1. The van der Waals surface area contributed by atoms with Crippen molar-refractivity contribution in [2.45, 2.75) is 13.0 Å². The second-order valence-corrected chi connectivity index (χ2v) is 6.93. The molecule has 1 saturated heterocycles. The fourth-order valence-corrected chi connectivity index (χ4v) is 3.57. The van der Waals surface area contributed by atoms with Gasteiger partial charge in [-0.3, -0.25) is 14.5 Å². The molecule has 4 rings (SSSR count). The van der Waals surface area contributed by atoms with E-state index < -0.39 is 17.7 Å². The Morgan fingerprint density at radius 1 is 0.862 bits per heavy atom. The van der Waals surface area contributed by atoms with E-state index in [1.165, 1.54) is 11.0 Å². The van der Waals surface area contributed by atoms with E-state index >= 15 is 0 Å². The van der Waals surface area contributed by atoms with Crippen LogP contribution in [0.5, 0.6) is 5.75 Å². The first-order valence-corrected chi connectivity index (χ1v) is 9.20. The molecule has 1 aliphatic heterocycles. The van der Waals surface area contributed by atoms with E-state index in [4.69, 9.17) is 0 Å². The monoisotopic (exact) mass is 385 g/mol. The summed E-state index contributed by atoms with van der Waals surface area (Å²) in [6.07, 6.45) is 0. The van der Waals surface area contributed by atoms with Gasteiger partial charge in [0.05, 0.1) is 17.3 Å². The van der Waals surface area contributed by atoms with E-state index in [2.05, 4.69) is 0 Å². The van der Waals surface area contributed by atoms with Gasteiger partial charge in [0.15, 0.2) is 0 Å². The van der Waals surface area contributed by atoms with Gasteiger partial charge in [-0.25, -0.2) is 0 Å². The molecule has 5 nitrogen and oxygen atoms in total. The number of carbonyl (C=O) groups excluding carboxylic acids is 2. The van der Waals surface area contributed by atoms with Crippen molar-refractivity contribution in [2.75, 3.05) is 4.90 Å². The molecule has 3 aromatic rings. The van der Waals surface area contributed by atoms with Crippen LogP contribution in [0.1, 0.15) is 22.7 Å². The average molecular weight is 385 g/mol. The van der Waals surface area contributed by atoms with E-state index in [0.717, 1.165) is 5.56 Å². The summed E-state index contributed by atoms with van der Waals surface area (Å²) in [4.78, 5) is 27.2. The Kier molecular flexibility index (Phi) is 4.64. The molecule has 0 aliphatic carbocycles. The van der Waals surface area contributed by atoms with Gasteiger partial charge in [0, 0.05) is 5.56 Å². The number of phenols is 1. The number of anilines is 1. The third kappa shape index (κ3) is 3.17. The molecule has 144 valence electrons. The number of phenolic OH excluding ortho intramolecular Hbond substituents is 1. The zero-order valence-corrected chi connectivity index (χ0v) is 15.7. The van der Waals surface area contributed by atoms with Crippen molar-refractivity contribution in [2.24, 2.45) is 0 Å². The molecule has 29 heavy (non-hydrogen) atoms. The highest BCUT2D eigenvalue weighted by Gasteiger charge is 2.47. The van der Waals surface area contributed by atoms with Crippen LogP contribution in [0, 0.1) is 6.92 Å². The first-order chi connectivity index (χ1) is 14.0. The highest BCUT2D eigenvalue weighted by molar-refractivity contribution is 6.51. The molecule has 0 aromatic heterocycles. The van der Waals surface area contributed by atoms with Gasteiger partial charge >= 0.3 is 0 Å². The number of aliphatic hydroxyl groups excluding tert-OH is 1. The minimum atomic E-state index is -0.856. The maximum Gasteiger partial charge on any atom is 0.300 e. The minimum Gasteiger partial charge on any atom is -0.507 e. The largest absolute Gasteiger partial charge is 0.507 e. The minimum absolute atomic E-state index is 0.00620. The van der Waals surface area contributed by atoms with Crippen LogP contribution in [-0.2, 0) is 9.59 Å². The summed E-state index contributed by atoms with van der Waals surface area (Å²) in [5.41, 5.74) is 2.32. The number of Topliss-reactive ketones (excluding diaryl/α,β-unsaturated/α-hetero) is 1. The van der Waals surface area contributed by atoms with Gasteiger partial charge in [0.25, 0.3) is 11.7 Å². The van der Waals surface area contributed by atoms with Crippen LogP contribution in [0.25, 0.3) is 5.76 Å². The van der Waals surface area contributed by atoms with Gasteiger partial charge in [-0.05, 0) is 24.6 Å². The van der Waals surface area contributed by atoms with Gasteiger partial charge in [-0.1, -0.05) is 72.3 Å². The molecule has 1 amide bonds. The summed E-state index contributed by atoms with van der Waals surface area (Å²) in [5, 5.41) is 21.3. The maximum absolute atomic E-state index is 13.0. The average Bonchev–Trinajstić information content (AvgIpc) is 3.00. The molecule has 0 saturated carbocycles. The molecule has 1 unspecified atom stereocenters. The van der Waals surface area contributed by atoms with Crippen LogP contribution in [0.15, 0.2) is 84.4 Å². The van der Waals surface area contributed by atoms with E-state index in [-0.39, 0.29) is 22.8 Å². The van der Waals surface area contributed by atoms with Gasteiger partial charge < -0.3 is 10.2 Å². The molecule has 5 heteroatoms.